The molecule has 1 aromatic rings. The van der Waals surface area contributed by atoms with Crippen molar-refractivity contribution in [3.05, 3.63) is 16.6 Å². The van der Waals surface area contributed by atoms with Gasteiger partial charge in [0.25, 0.3) is 0 Å². The summed E-state index contributed by atoms with van der Waals surface area (Å²) >= 11 is 1.55. The van der Waals surface area contributed by atoms with Gasteiger partial charge in [-0.3, -0.25) is 9.88 Å². The molecule has 0 unspecified atom stereocenters. The number of thiazole rings is 1. The molecule has 108 valence electrons. The van der Waals surface area contributed by atoms with Crippen molar-refractivity contribution in [3.8, 4) is 0 Å². The first-order valence-electron chi connectivity index (χ1n) is 6.19. The monoisotopic (exact) mass is 294 g/mol. The fourth-order valence-corrected chi connectivity index (χ4v) is 3.06. The first-order chi connectivity index (χ1) is 8.80. The highest BCUT2D eigenvalue weighted by Gasteiger charge is 2.54. The summed E-state index contributed by atoms with van der Waals surface area (Å²) < 4.78 is 38.3. The summed E-state index contributed by atoms with van der Waals surface area (Å²) in [5.41, 5.74) is -0.833. The molecule has 0 bridgehead atoms. The molecule has 1 aliphatic rings. The fourth-order valence-electron chi connectivity index (χ4n) is 2.43. The fraction of sp³-hybridized carbons (Fsp3) is 0.750. The van der Waals surface area contributed by atoms with E-state index < -0.39 is 17.7 Å². The Morgan fingerprint density at radius 1 is 1.42 bits per heavy atom. The molecule has 1 saturated heterocycles. The van der Waals surface area contributed by atoms with E-state index in [1.165, 1.54) is 0 Å². The average molecular weight is 294 g/mol. The Morgan fingerprint density at radius 3 is 2.53 bits per heavy atom. The Balaban J connectivity index is 1.89. The van der Waals surface area contributed by atoms with Crippen molar-refractivity contribution in [2.75, 3.05) is 13.1 Å². The van der Waals surface area contributed by atoms with Crippen molar-refractivity contribution in [2.45, 2.75) is 38.1 Å². The van der Waals surface area contributed by atoms with Gasteiger partial charge in [0, 0.05) is 17.6 Å². The van der Waals surface area contributed by atoms with Crippen molar-refractivity contribution in [1.82, 2.24) is 9.88 Å². The van der Waals surface area contributed by atoms with E-state index in [-0.39, 0.29) is 0 Å². The molecule has 0 radical (unpaired) electrons. The van der Waals surface area contributed by atoms with Crippen LogP contribution < -0.4 is 0 Å². The molecule has 7 heteroatoms. The molecule has 3 nitrogen and oxygen atoms in total. The summed E-state index contributed by atoms with van der Waals surface area (Å²) in [5, 5.41) is 9.67. The van der Waals surface area contributed by atoms with E-state index in [1.807, 2.05) is 0 Å². The van der Waals surface area contributed by atoms with Crippen LogP contribution in [0.1, 0.15) is 24.6 Å². The molecule has 1 atom stereocenters. The smallest absolute Gasteiger partial charge is 0.380 e. The number of nitrogens with zero attached hydrogens (tertiary/aromatic N) is 2. The lowest BCUT2D eigenvalue weighted by molar-refractivity contribution is -0.275. The Kier molecular flexibility index (Phi) is 4.17. The van der Waals surface area contributed by atoms with Crippen LogP contribution >= 0.6 is 11.3 Å². The van der Waals surface area contributed by atoms with Gasteiger partial charge in [-0.05, 0) is 38.8 Å². The number of halogens is 3. The minimum Gasteiger partial charge on any atom is -0.380 e. The van der Waals surface area contributed by atoms with Gasteiger partial charge in [-0.25, -0.2) is 0 Å². The SMILES string of the molecule is C[C@@](O)(C1CCN(Cc2cncs2)CC1)C(F)(F)F. The van der Waals surface area contributed by atoms with Crippen LogP contribution in [-0.4, -0.2) is 39.9 Å². The average Bonchev–Trinajstić information content (AvgIpc) is 2.81. The van der Waals surface area contributed by atoms with Crippen molar-refractivity contribution in [3.63, 3.8) is 0 Å². The lowest BCUT2D eigenvalue weighted by Crippen LogP contribution is -2.52. The summed E-state index contributed by atoms with van der Waals surface area (Å²) in [6.07, 6.45) is -2.04. The molecule has 2 heterocycles. The van der Waals surface area contributed by atoms with Crippen molar-refractivity contribution in [2.24, 2.45) is 5.92 Å². The summed E-state index contributed by atoms with van der Waals surface area (Å²) in [4.78, 5) is 7.20. The lowest BCUT2D eigenvalue weighted by atomic mass is 9.81. The topological polar surface area (TPSA) is 36.4 Å². The summed E-state index contributed by atoms with van der Waals surface area (Å²) in [6.45, 7) is 2.77. The molecule has 0 aliphatic carbocycles. The maximum absolute atomic E-state index is 12.8. The van der Waals surface area contributed by atoms with E-state index >= 15 is 0 Å². The Hall–Kier alpha value is -0.660. The highest BCUT2D eigenvalue weighted by molar-refractivity contribution is 7.09. The highest BCUT2D eigenvalue weighted by atomic mass is 32.1. The van der Waals surface area contributed by atoms with Gasteiger partial charge in [0.1, 0.15) is 0 Å². The largest absolute Gasteiger partial charge is 0.417 e. The maximum atomic E-state index is 12.8. The minimum atomic E-state index is -4.56. The molecule has 0 spiro atoms. The zero-order valence-electron chi connectivity index (χ0n) is 10.7. The van der Waals surface area contributed by atoms with E-state index in [2.05, 4.69) is 9.88 Å². The van der Waals surface area contributed by atoms with Crippen LogP contribution in [0.2, 0.25) is 0 Å². The number of alkyl halides is 3. The zero-order valence-corrected chi connectivity index (χ0v) is 11.5. The normalized spacial score (nSPS) is 22.4. The number of aliphatic hydroxyl groups is 1. The number of piperidine rings is 1. The van der Waals surface area contributed by atoms with Crippen LogP contribution in [0.5, 0.6) is 0 Å². The van der Waals surface area contributed by atoms with Gasteiger partial charge < -0.3 is 5.11 Å². The maximum Gasteiger partial charge on any atom is 0.417 e. The molecular weight excluding hydrogens is 277 g/mol. The van der Waals surface area contributed by atoms with Gasteiger partial charge in [-0.15, -0.1) is 11.3 Å². The van der Waals surface area contributed by atoms with Crippen LogP contribution in [-0.2, 0) is 6.54 Å². The summed E-state index contributed by atoms with van der Waals surface area (Å²) in [7, 11) is 0. The number of hydrogen-bond donors (Lipinski definition) is 1. The quantitative estimate of drug-likeness (QED) is 0.931. The van der Waals surface area contributed by atoms with Gasteiger partial charge in [0.05, 0.1) is 5.51 Å². The van der Waals surface area contributed by atoms with E-state index in [0.29, 0.717) is 25.9 Å². The number of likely N-dealkylation sites (tertiary alicyclic amines) is 1. The highest BCUT2D eigenvalue weighted by Crippen LogP contribution is 2.40. The van der Waals surface area contributed by atoms with Crippen molar-refractivity contribution in [1.29, 1.82) is 0 Å². The van der Waals surface area contributed by atoms with Crippen LogP contribution in [0.15, 0.2) is 11.7 Å². The summed E-state index contributed by atoms with van der Waals surface area (Å²) in [5.74, 6) is -0.717. The molecule has 2 rings (SSSR count). The first-order valence-corrected chi connectivity index (χ1v) is 7.07. The number of hydrogen-bond acceptors (Lipinski definition) is 4. The second-order valence-electron chi connectivity index (χ2n) is 5.16. The van der Waals surface area contributed by atoms with Gasteiger partial charge in [0.2, 0.25) is 0 Å². The molecule has 1 aromatic heterocycles. The van der Waals surface area contributed by atoms with E-state index in [1.54, 1.807) is 23.0 Å². The molecule has 0 saturated carbocycles. The van der Waals surface area contributed by atoms with Crippen molar-refractivity contribution >= 4 is 11.3 Å². The van der Waals surface area contributed by atoms with E-state index in [0.717, 1.165) is 18.3 Å². The molecule has 0 amide bonds. The third-order valence-corrected chi connectivity index (χ3v) is 4.58. The third-order valence-electron chi connectivity index (χ3n) is 3.82. The second kappa shape index (κ2) is 5.38. The summed E-state index contributed by atoms with van der Waals surface area (Å²) in [6, 6.07) is 0. The molecule has 0 aromatic carbocycles. The molecule has 1 aliphatic heterocycles. The molecular formula is C12H17F3N2OS. The molecule has 1 N–H and O–H groups in total. The zero-order chi connectivity index (χ0) is 14.1. The van der Waals surface area contributed by atoms with Crippen LogP contribution in [0, 0.1) is 5.92 Å². The van der Waals surface area contributed by atoms with Gasteiger partial charge in [0.15, 0.2) is 5.60 Å². The number of aromatic nitrogens is 1. The third kappa shape index (κ3) is 3.27. The predicted molar refractivity (Wildman–Crippen MR) is 66.8 cm³/mol. The van der Waals surface area contributed by atoms with Crippen LogP contribution in [0.25, 0.3) is 0 Å². The van der Waals surface area contributed by atoms with Gasteiger partial charge >= 0.3 is 6.18 Å². The van der Waals surface area contributed by atoms with Gasteiger partial charge in [-0.1, -0.05) is 0 Å². The second-order valence-corrected chi connectivity index (χ2v) is 6.13. The van der Waals surface area contributed by atoms with Crippen LogP contribution in [0.4, 0.5) is 13.2 Å². The Morgan fingerprint density at radius 2 is 2.05 bits per heavy atom. The number of rotatable bonds is 3. The van der Waals surface area contributed by atoms with E-state index in [9.17, 15) is 18.3 Å². The first kappa shape index (κ1) is 14.7. The Labute approximate surface area is 114 Å². The van der Waals surface area contributed by atoms with Crippen LogP contribution in [0.3, 0.4) is 0 Å². The standard InChI is InChI=1S/C12H17F3N2OS/c1-11(18,12(13,14)15)9-2-4-17(5-3-9)7-10-6-16-8-19-10/h6,8-9,18H,2-5,7H2,1H3/t11-/m1/s1. The molecule has 1 fully saturated rings. The van der Waals surface area contributed by atoms with Crippen molar-refractivity contribution < 1.29 is 18.3 Å². The Bertz CT molecular complexity index is 398. The van der Waals surface area contributed by atoms with E-state index in [4.69, 9.17) is 0 Å². The van der Waals surface area contributed by atoms with Gasteiger partial charge in [-0.2, -0.15) is 13.2 Å². The minimum absolute atomic E-state index is 0.366. The predicted octanol–water partition coefficient (Wildman–Crippen LogP) is 2.67. The lowest BCUT2D eigenvalue weighted by Gasteiger charge is -2.40. The molecule has 19 heavy (non-hydrogen) atoms.